The molecule has 0 spiro atoms. The topological polar surface area (TPSA) is 134 Å². The molecule has 3 rings (SSSR count). The summed E-state index contributed by atoms with van der Waals surface area (Å²) in [6, 6.07) is 16.2. The first-order valence-electron chi connectivity index (χ1n) is 10.7. The molecule has 178 valence electrons. The van der Waals surface area contributed by atoms with Crippen LogP contribution in [-0.4, -0.2) is 14.4 Å². The van der Waals surface area contributed by atoms with Crippen molar-refractivity contribution in [2.45, 2.75) is 38.8 Å². The second kappa shape index (κ2) is 11.1. The van der Waals surface area contributed by atoms with Crippen molar-refractivity contribution >= 4 is 27.4 Å². The van der Waals surface area contributed by atoms with Gasteiger partial charge in [0, 0.05) is 17.8 Å². The van der Waals surface area contributed by atoms with Gasteiger partial charge in [-0.3, -0.25) is 10.0 Å². The summed E-state index contributed by atoms with van der Waals surface area (Å²) in [4.78, 5) is 4.68. The highest BCUT2D eigenvalue weighted by Gasteiger charge is 2.20. The lowest BCUT2D eigenvalue weighted by atomic mass is 10.1. The van der Waals surface area contributed by atoms with Gasteiger partial charge in [-0.15, -0.1) is 0 Å². The molecule has 3 N–H and O–H groups in total. The number of aryl methyl sites for hydroxylation is 3. The number of hydrogen-bond donors (Lipinski definition) is 3. The van der Waals surface area contributed by atoms with Gasteiger partial charge in [0.15, 0.2) is 18.6 Å². The summed E-state index contributed by atoms with van der Waals surface area (Å²) < 4.78 is 30.3. The Morgan fingerprint density at radius 3 is 2.17 bits per heavy atom. The van der Waals surface area contributed by atoms with E-state index < -0.39 is 10.0 Å². The first-order chi connectivity index (χ1) is 16.7. The molecule has 0 aliphatic heterocycles. The van der Waals surface area contributed by atoms with Crippen molar-refractivity contribution in [2.24, 2.45) is 4.99 Å². The van der Waals surface area contributed by atoms with E-state index in [2.05, 4.69) is 26.4 Å². The summed E-state index contributed by atoms with van der Waals surface area (Å²) >= 11 is 0. The van der Waals surface area contributed by atoms with Crippen molar-refractivity contribution in [1.82, 2.24) is 5.32 Å². The molecule has 0 aliphatic rings. The van der Waals surface area contributed by atoms with Crippen LogP contribution in [0.5, 0.6) is 0 Å². The molecule has 0 saturated carbocycles. The van der Waals surface area contributed by atoms with Crippen LogP contribution in [0.3, 0.4) is 0 Å². The summed E-state index contributed by atoms with van der Waals surface area (Å²) in [5.41, 5.74) is 4.38. The van der Waals surface area contributed by atoms with Crippen LogP contribution in [0.1, 0.15) is 22.3 Å². The second-order valence-corrected chi connectivity index (χ2v) is 9.59. The maximum Gasteiger partial charge on any atom is 0.262 e. The van der Waals surface area contributed by atoms with Crippen LogP contribution < -0.4 is 19.9 Å². The number of nitrogens with zero attached hydrogens (tertiary/aromatic N) is 4. The van der Waals surface area contributed by atoms with E-state index in [9.17, 15) is 8.42 Å². The highest BCUT2D eigenvalue weighted by molar-refractivity contribution is 7.92. The number of pyridine rings is 1. The molecule has 0 bridgehead atoms. The second-order valence-electron chi connectivity index (χ2n) is 7.97. The van der Waals surface area contributed by atoms with Crippen LogP contribution in [0.2, 0.25) is 0 Å². The van der Waals surface area contributed by atoms with Crippen LogP contribution in [-0.2, 0) is 23.1 Å². The number of sulfonamides is 1. The standard InChI is InChI=1S/C25H25N7O2S/c1-18-14-19(2)24(20(3)15-18)35(33,34)31-23-6-4-21(5-7-23)16-28-25(29-17-27)30-22-8-11-32(12-9-22)13-10-26/h4-9,11-12,14-15,31H,13,16H2,1-3H3,(H,28,29)/p+1. The SMILES string of the molecule is Cc1cc(C)c(S(=O)(=O)Nc2ccc(CN=C(NC#N)Nc3cc[n+](CC#N)cc3)cc2)c(C)c1. The molecule has 3 aromatic rings. The van der Waals surface area contributed by atoms with E-state index >= 15 is 0 Å². The van der Waals surface area contributed by atoms with Crippen LogP contribution in [0.25, 0.3) is 0 Å². The molecule has 1 heterocycles. The zero-order valence-corrected chi connectivity index (χ0v) is 20.5. The van der Waals surface area contributed by atoms with Crippen LogP contribution in [0.15, 0.2) is 70.8 Å². The Kier molecular flexibility index (Phi) is 8.03. The molecule has 0 radical (unpaired) electrons. The van der Waals surface area contributed by atoms with E-state index in [0.717, 1.165) is 11.1 Å². The maximum absolute atomic E-state index is 13.0. The Morgan fingerprint density at radius 1 is 0.971 bits per heavy atom. The first-order valence-corrected chi connectivity index (χ1v) is 12.2. The van der Waals surface area contributed by atoms with Gasteiger partial charge in [-0.05, 0) is 49.6 Å². The van der Waals surface area contributed by atoms with Crippen molar-refractivity contribution in [3.8, 4) is 12.3 Å². The van der Waals surface area contributed by atoms with Crippen molar-refractivity contribution in [1.29, 1.82) is 10.5 Å². The Balaban J connectivity index is 1.69. The molecule has 9 nitrogen and oxygen atoms in total. The summed E-state index contributed by atoms with van der Waals surface area (Å²) in [5.74, 6) is 0.264. The minimum absolute atomic E-state index is 0.244. The number of nitriles is 2. The number of aromatic nitrogens is 1. The fraction of sp³-hybridized carbons (Fsp3) is 0.200. The van der Waals surface area contributed by atoms with E-state index in [1.165, 1.54) is 0 Å². The number of guanidine groups is 1. The van der Waals surface area contributed by atoms with Gasteiger partial charge in [0.25, 0.3) is 10.0 Å². The Morgan fingerprint density at radius 2 is 1.60 bits per heavy atom. The summed E-state index contributed by atoms with van der Waals surface area (Å²) in [6.45, 7) is 6.02. The third-order valence-electron chi connectivity index (χ3n) is 5.08. The van der Waals surface area contributed by atoms with Gasteiger partial charge in [-0.2, -0.15) is 15.1 Å². The zero-order chi connectivity index (χ0) is 25.4. The van der Waals surface area contributed by atoms with E-state index in [4.69, 9.17) is 10.5 Å². The molecular weight excluding hydrogens is 462 g/mol. The van der Waals surface area contributed by atoms with Gasteiger partial charge in [0.2, 0.25) is 12.5 Å². The smallest absolute Gasteiger partial charge is 0.262 e. The molecule has 35 heavy (non-hydrogen) atoms. The zero-order valence-electron chi connectivity index (χ0n) is 19.7. The van der Waals surface area contributed by atoms with E-state index in [-0.39, 0.29) is 23.9 Å². The minimum Gasteiger partial charge on any atom is -0.325 e. The lowest BCUT2D eigenvalue weighted by molar-refractivity contribution is -0.685. The van der Waals surface area contributed by atoms with Crippen molar-refractivity contribution in [3.05, 3.63) is 83.2 Å². The number of benzene rings is 2. The molecule has 0 saturated heterocycles. The van der Waals surface area contributed by atoms with Crippen LogP contribution in [0, 0.1) is 43.6 Å². The molecule has 0 amide bonds. The van der Waals surface area contributed by atoms with Crippen LogP contribution in [0.4, 0.5) is 11.4 Å². The van der Waals surface area contributed by atoms with Gasteiger partial charge in [-0.25, -0.2) is 13.4 Å². The summed E-state index contributed by atoms with van der Waals surface area (Å²) in [7, 11) is -3.73. The molecule has 0 aliphatic carbocycles. The summed E-state index contributed by atoms with van der Waals surface area (Å²) in [5, 5.41) is 23.3. The fourth-order valence-electron chi connectivity index (χ4n) is 3.67. The van der Waals surface area contributed by atoms with Gasteiger partial charge < -0.3 is 5.32 Å². The van der Waals surface area contributed by atoms with E-state index in [1.54, 1.807) is 67.2 Å². The molecule has 0 atom stereocenters. The van der Waals surface area contributed by atoms with Crippen molar-refractivity contribution < 1.29 is 13.0 Å². The van der Waals surface area contributed by atoms with Gasteiger partial charge in [0.05, 0.1) is 17.1 Å². The number of aliphatic imine (C=N–C) groups is 1. The largest absolute Gasteiger partial charge is 0.325 e. The van der Waals surface area contributed by atoms with E-state index in [1.807, 2.05) is 25.2 Å². The van der Waals surface area contributed by atoms with Crippen molar-refractivity contribution in [3.63, 3.8) is 0 Å². The number of anilines is 2. The average Bonchev–Trinajstić information content (AvgIpc) is 2.79. The number of nitrogens with one attached hydrogen (secondary N) is 3. The Bertz CT molecular complexity index is 1390. The molecule has 10 heteroatoms. The normalized spacial score (nSPS) is 11.3. The molecule has 2 aromatic carbocycles. The van der Waals surface area contributed by atoms with Gasteiger partial charge in [0.1, 0.15) is 6.07 Å². The quantitative estimate of drug-likeness (QED) is 0.154. The highest BCUT2D eigenvalue weighted by atomic mass is 32.2. The van der Waals surface area contributed by atoms with Crippen molar-refractivity contribution in [2.75, 3.05) is 10.0 Å². The third-order valence-corrected chi connectivity index (χ3v) is 6.77. The Labute approximate surface area is 205 Å². The predicted octanol–water partition coefficient (Wildman–Crippen LogP) is 3.26. The lowest BCUT2D eigenvalue weighted by Crippen LogP contribution is -2.32. The van der Waals surface area contributed by atoms with Crippen LogP contribution >= 0.6 is 0 Å². The molecular formula is C25H26N7O2S+. The average molecular weight is 489 g/mol. The van der Waals surface area contributed by atoms with Gasteiger partial charge in [-0.1, -0.05) is 29.8 Å². The monoisotopic (exact) mass is 488 g/mol. The van der Waals surface area contributed by atoms with Gasteiger partial charge >= 0.3 is 0 Å². The number of hydrogen-bond acceptors (Lipinski definition) is 5. The van der Waals surface area contributed by atoms with E-state index in [0.29, 0.717) is 22.5 Å². The Hall–Kier alpha value is -4.41. The minimum atomic E-state index is -3.73. The highest BCUT2D eigenvalue weighted by Crippen LogP contribution is 2.24. The number of rotatable bonds is 7. The first kappa shape index (κ1) is 25.2. The molecule has 0 unspecified atom stereocenters. The summed E-state index contributed by atoms with van der Waals surface area (Å²) in [6.07, 6.45) is 5.34. The fourth-order valence-corrected chi connectivity index (χ4v) is 5.19. The lowest BCUT2D eigenvalue weighted by Gasteiger charge is -2.14. The molecule has 0 fully saturated rings. The predicted molar refractivity (Wildman–Crippen MR) is 134 cm³/mol. The maximum atomic E-state index is 13.0. The molecule has 1 aromatic heterocycles. The third kappa shape index (κ3) is 6.79.